The van der Waals surface area contributed by atoms with Gasteiger partial charge < -0.3 is 24.5 Å². The minimum absolute atomic E-state index is 0.324. The maximum Gasteiger partial charge on any atom is 0.148 e. The normalized spacial score (nSPS) is 11.3. The van der Waals surface area contributed by atoms with E-state index in [2.05, 4.69) is 56.2 Å². The highest BCUT2D eigenvalue weighted by atomic mass is 19.1. The molecule has 0 aliphatic rings. The molecule has 9 heteroatoms. The molecule has 5 aromatic rings. The Kier molecular flexibility index (Phi) is 23.8. The zero-order chi connectivity index (χ0) is 50.3. The zero-order valence-electron chi connectivity index (χ0n) is 44.0. The number of hydrogen-bond acceptors (Lipinski definition) is 5. The van der Waals surface area contributed by atoms with Crippen molar-refractivity contribution in [3.8, 4) is 0 Å². The van der Waals surface area contributed by atoms with Crippen LogP contribution in [0.1, 0.15) is 163 Å². The van der Waals surface area contributed by atoms with E-state index in [-0.39, 0.29) is 23.3 Å². The summed E-state index contributed by atoms with van der Waals surface area (Å²) in [5, 5.41) is 0. The van der Waals surface area contributed by atoms with Gasteiger partial charge in [-0.2, -0.15) is 0 Å². The highest BCUT2D eigenvalue weighted by Crippen LogP contribution is 2.42. The van der Waals surface area contributed by atoms with Crippen LogP contribution in [0.25, 0.3) is 0 Å². The molecule has 0 atom stereocenters. The lowest BCUT2D eigenvalue weighted by Crippen LogP contribution is -2.27. The van der Waals surface area contributed by atoms with E-state index in [1.807, 2.05) is 76.5 Å². The lowest BCUT2D eigenvalue weighted by molar-refractivity contribution is 0.594. The summed E-state index contributed by atoms with van der Waals surface area (Å²) < 4.78 is 65.3. The van der Waals surface area contributed by atoms with E-state index in [4.69, 9.17) is 0 Å². The summed E-state index contributed by atoms with van der Waals surface area (Å²) in [6, 6.07) is 28.8. The molecular weight excluding hydrogens is 879 g/mol. The zero-order valence-corrected chi connectivity index (χ0v) is 44.0. The summed E-state index contributed by atoms with van der Waals surface area (Å²) in [5.41, 5.74) is 5.81. The van der Waals surface area contributed by atoms with Crippen LogP contribution < -0.4 is 24.5 Å². The van der Waals surface area contributed by atoms with Crippen molar-refractivity contribution in [1.82, 2.24) is 0 Å². The lowest BCUT2D eigenvalue weighted by atomic mass is 10.1. The van der Waals surface area contributed by atoms with E-state index in [0.29, 0.717) is 56.7 Å². The highest BCUT2D eigenvalue weighted by molar-refractivity contribution is 5.82. The fourth-order valence-electron chi connectivity index (χ4n) is 9.41. The summed E-state index contributed by atoms with van der Waals surface area (Å²) >= 11 is 0. The van der Waals surface area contributed by atoms with E-state index in [0.717, 1.165) is 155 Å². The summed E-state index contributed by atoms with van der Waals surface area (Å²) in [5.74, 6) is -1.34. The van der Waals surface area contributed by atoms with Gasteiger partial charge in [0.05, 0.1) is 17.1 Å². The molecule has 0 aliphatic heterocycles. The van der Waals surface area contributed by atoms with Gasteiger partial charge in [0.2, 0.25) is 0 Å². The summed E-state index contributed by atoms with van der Waals surface area (Å²) in [7, 11) is 0. The molecule has 0 N–H and O–H groups in total. The standard InChI is InChI=1S/C61H85F4N5/c1-8-14-20-38-66(39-21-15-9-2)59-35-32-52(45-56(59)63)69(51-27-26-48(7)55(62)44-51)49-28-30-50(31-29-49)70(53-33-36-60(57(64)46-53)67(40-22-16-10-3)41-23-17-11-4)54-34-37-61(58(65)47-54)68(42-24-18-12-5)43-25-19-13-6/h26-37,44-47H,8-25,38-43H2,1-7H3. The van der Waals surface area contributed by atoms with Crippen LogP contribution in [-0.4, -0.2) is 39.3 Å². The van der Waals surface area contributed by atoms with Crippen molar-refractivity contribution in [3.05, 3.63) is 126 Å². The Morgan fingerprint density at radius 2 is 0.514 bits per heavy atom. The van der Waals surface area contributed by atoms with Gasteiger partial charge in [0.1, 0.15) is 23.3 Å². The third kappa shape index (κ3) is 15.9. The second kappa shape index (κ2) is 29.9. The summed E-state index contributed by atoms with van der Waals surface area (Å²) in [4.78, 5) is 10.3. The number of benzene rings is 5. The van der Waals surface area contributed by atoms with Crippen LogP contribution in [0.3, 0.4) is 0 Å². The minimum Gasteiger partial charge on any atom is -0.369 e. The first-order valence-corrected chi connectivity index (χ1v) is 27.2. The minimum atomic E-state index is -0.361. The fraction of sp³-hybridized carbons (Fsp3) is 0.508. The maximum atomic E-state index is 16.7. The van der Waals surface area contributed by atoms with Gasteiger partial charge in [-0.3, -0.25) is 0 Å². The Morgan fingerprint density at radius 3 is 0.743 bits per heavy atom. The average Bonchev–Trinajstić information content (AvgIpc) is 3.35. The SMILES string of the molecule is CCCCCN(CCCCC)c1ccc(N(c2ccc(N(c3ccc(N(CCCCC)CCCCC)c(F)c3)c3ccc(N(CCCCC)CCCCC)c(F)c3)cc2)c2ccc(C)c(F)c2)cc1F. The van der Waals surface area contributed by atoms with Gasteiger partial charge in [-0.15, -0.1) is 0 Å². The number of rotatable bonds is 33. The molecular formula is C61H85F4N5. The van der Waals surface area contributed by atoms with Gasteiger partial charge in [0.15, 0.2) is 0 Å². The van der Waals surface area contributed by atoms with Crippen LogP contribution in [0.4, 0.5) is 68.7 Å². The van der Waals surface area contributed by atoms with Gasteiger partial charge in [0.25, 0.3) is 0 Å². The average molecular weight is 964 g/mol. The number of anilines is 9. The predicted octanol–water partition coefficient (Wildman–Crippen LogP) is 19.1. The molecule has 5 rings (SSSR count). The van der Waals surface area contributed by atoms with Crippen LogP contribution >= 0.6 is 0 Å². The molecule has 5 aromatic carbocycles. The third-order valence-electron chi connectivity index (χ3n) is 13.6. The van der Waals surface area contributed by atoms with Crippen molar-refractivity contribution in [1.29, 1.82) is 0 Å². The smallest absolute Gasteiger partial charge is 0.148 e. The van der Waals surface area contributed by atoms with E-state index in [1.165, 1.54) is 6.07 Å². The number of halogens is 4. The van der Waals surface area contributed by atoms with Gasteiger partial charge in [-0.1, -0.05) is 125 Å². The van der Waals surface area contributed by atoms with E-state index >= 15 is 17.6 Å². The second-order valence-electron chi connectivity index (χ2n) is 19.2. The van der Waals surface area contributed by atoms with E-state index in [1.54, 1.807) is 31.2 Å². The number of unbranched alkanes of at least 4 members (excludes halogenated alkanes) is 12. The Morgan fingerprint density at radius 1 is 0.286 bits per heavy atom. The lowest BCUT2D eigenvalue weighted by Gasteiger charge is -2.31. The Hall–Kier alpha value is -5.18. The van der Waals surface area contributed by atoms with Gasteiger partial charge in [-0.05, 0) is 124 Å². The molecule has 0 radical (unpaired) electrons. The van der Waals surface area contributed by atoms with Crippen LogP contribution in [-0.2, 0) is 0 Å². The first-order valence-electron chi connectivity index (χ1n) is 27.2. The Balaban J connectivity index is 1.61. The molecule has 0 saturated heterocycles. The van der Waals surface area contributed by atoms with Crippen molar-refractivity contribution in [2.24, 2.45) is 0 Å². The molecule has 0 unspecified atom stereocenters. The molecule has 0 fully saturated rings. The molecule has 0 aromatic heterocycles. The van der Waals surface area contributed by atoms with Crippen molar-refractivity contribution < 1.29 is 17.6 Å². The van der Waals surface area contributed by atoms with Gasteiger partial charge >= 0.3 is 0 Å². The van der Waals surface area contributed by atoms with Gasteiger partial charge in [-0.25, -0.2) is 17.6 Å². The summed E-state index contributed by atoms with van der Waals surface area (Å²) in [6.07, 6.45) is 18.9. The number of aryl methyl sites for hydroxylation is 1. The van der Waals surface area contributed by atoms with Crippen LogP contribution in [0, 0.1) is 30.2 Å². The molecule has 0 amide bonds. The largest absolute Gasteiger partial charge is 0.369 e. The van der Waals surface area contributed by atoms with E-state index in [9.17, 15) is 0 Å². The molecule has 5 nitrogen and oxygen atoms in total. The molecule has 382 valence electrons. The Labute approximate surface area is 420 Å². The second-order valence-corrected chi connectivity index (χ2v) is 19.2. The predicted molar refractivity (Wildman–Crippen MR) is 294 cm³/mol. The fourth-order valence-corrected chi connectivity index (χ4v) is 9.41. The van der Waals surface area contributed by atoms with Crippen molar-refractivity contribution in [2.45, 2.75) is 164 Å². The number of hydrogen-bond donors (Lipinski definition) is 0. The van der Waals surface area contributed by atoms with Crippen LogP contribution in [0.5, 0.6) is 0 Å². The monoisotopic (exact) mass is 964 g/mol. The summed E-state index contributed by atoms with van der Waals surface area (Å²) in [6.45, 7) is 19.5. The first-order chi connectivity index (χ1) is 34.1. The quantitative estimate of drug-likeness (QED) is 0.0307. The maximum absolute atomic E-state index is 16.7. The molecule has 0 saturated carbocycles. The van der Waals surface area contributed by atoms with Crippen molar-refractivity contribution in [2.75, 3.05) is 63.8 Å². The van der Waals surface area contributed by atoms with Crippen LogP contribution in [0.2, 0.25) is 0 Å². The molecule has 0 aliphatic carbocycles. The molecule has 0 bridgehead atoms. The molecule has 70 heavy (non-hydrogen) atoms. The van der Waals surface area contributed by atoms with Crippen molar-refractivity contribution >= 4 is 51.2 Å². The molecule has 0 spiro atoms. The van der Waals surface area contributed by atoms with Gasteiger partial charge in [0, 0.05) is 91.6 Å². The van der Waals surface area contributed by atoms with Crippen molar-refractivity contribution in [3.63, 3.8) is 0 Å². The third-order valence-corrected chi connectivity index (χ3v) is 13.6. The first kappa shape index (κ1) is 55.7. The Bertz CT molecular complexity index is 2180. The topological polar surface area (TPSA) is 16.2 Å². The molecule has 0 heterocycles. The van der Waals surface area contributed by atoms with Crippen LogP contribution in [0.15, 0.2) is 97.1 Å². The highest BCUT2D eigenvalue weighted by Gasteiger charge is 2.23. The number of nitrogens with zero attached hydrogens (tertiary/aromatic N) is 5. The van der Waals surface area contributed by atoms with E-state index < -0.39 is 0 Å².